The summed E-state index contributed by atoms with van der Waals surface area (Å²) in [4.78, 5) is 43.1. The Morgan fingerprint density at radius 1 is 1.23 bits per heavy atom. The van der Waals surface area contributed by atoms with Crippen LogP contribution in [0.4, 0.5) is 0 Å². The number of aromatic amines is 1. The van der Waals surface area contributed by atoms with E-state index >= 15 is 0 Å². The quantitative estimate of drug-likeness (QED) is 0.394. The second kappa shape index (κ2) is 9.91. The first-order chi connectivity index (χ1) is 12.2. The number of imidazole rings is 1. The van der Waals surface area contributed by atoms with Gasteiger partial charge in [0.2, 0.25) is 11.8 Å². The van der Waals surface area contributed by atoms with E-state index in [9.17, 15) is 19.5 Å². The summed E-state index contributed by atoms with van der Waals surface area (Å²) in [5, 5.41) is 14.4. The summed E-state index contributed by atoms with van der Waals surface area (Å²) < 4.78 is 0. The monoisotopic (exact) mass is 367 g/mol. The topological polar surface area (TPSA) is 150 Å². The van der Waals surface area contributed by atoms with E-state index in [1.807, 2.05) is 13.8 Å². The first-order valence-electron chi connectivity index (χ1n) is 8.73. The Morgan fingerprint density at radius 3 is 2.35 bits per heavy atom. The summed E-state index contributed by atoms with van der Waals surface area (Å²) in [6, 6.07) is -2.76. The zero-order valence-electron chi connectivity index (χ0n) is 15.7. The normalized spacial score (nSPS) is 15.8. The molecule has 1 heterocycles. The van der Waals surface area contributed by atoms with E-state index in [4.69, 9.17) is 5.73 Å². The van der Waals surface area contributed by atoms with Crippen LogP contribution in [0.1, 0.15) is 39.8 Å². The number of aromatic nitrogens is 2. The number of aliphatic carboxylic acids is 1. The average Bonchev–Trinajstić information content (AvgIpc) is 3.09. The molecule has 0 aliphatic carbocycles. The van der Waals surface area contributed by atoms with Gasteiger partial charge in [-0.3, -0.25) is 9.59 Å². The Hall–Kier alpha value is -2.42. The molecular formula is C17H29N5O4. The van der Waals surface area contributed by atoms with Crippen molar-refractivity contribution in [3.63, 3.8) is 0 Å². The molecule has 0 saturated heterocycles. The predicted octanol–water partition coefficient (Wildman–Crippen LogP) is 0.0358. The molecule has 0 radical (unpaired) electrons. The second-order valence-corrected chi connectivity index (χ2v) is 6.82. The van der Waals surface area contributed by atoms with Crippen LogP contribution < -0.4 is 16.4 Å². The van der Waals surface area contributed by atoms with Crippen molar-refractivity contribution in [2.24, 2.45) is 17.6 Å². The number of amides is 2. The number of rotatable bonds is 10. The summed E-state index contributed by atoms with van der Waals surface area (Å²) >= 11 is 0. The molecule has 9 nitrogen and oxygen atoms in total. The van der Waals surface area contributed by atoms with Crippen LogP contribution in [-0.4, -0.2) is 51.0 Å². The first kappa shape index (κ1) is 21.6. The van der Waals surface area contributed by atoms with Gasteiger partial charge in [-0.05, 0) is 11.8 Å². The molecule has 1 aromatic heterocycles. The number of nitrogens with one attached hydrogen (secondary N) is 3. The van der Waals surface area contributed by atoms with E-state index in [1.165, 1.54) is 12.5 Å². The summed E-state index contributed by atoms with van der Waals surface area (Å²) in [5.74, 6) is -2.51. The largest absolute Gasteiger partial charge is 0.480 e. The molecule has 26 heavy (non-hydrogen) atoms. The van der Waals surface area contributed by atoms with Gasteiger partial charge in [-0.1, -0.05) is 34.1 Å². The SMILES string of the molecule is CCC(C)C(N)C(=O)NC(Cc1cnc[nH]1)C(=O)NC(C(=O)O)C(C)C. The number of hydrogen-bond donors (Lipinski definition) is 5. The molecule has 1 aromatic rings. The van der Waals surface area contributed by atoms with Crippen LogP contribution in [0.5, 0.6) is 0 Å². The van der Waals surface area contributed by atoms with Crippen LogP contribution in [0.3, 0.4) is 0 Å². The maximum absolute atomic E-state index is 12.6. The molecule has 0 aliphatic heterocycles. The van der Waals surface area contributed by atoms with Crippen LogP contribution in [0.25, 0.3) is 0 Å². The number of carbonyl (C=O) groups is 3. The number of H-pyrrole nitrogens is 1. The molecule has 4 unspecified atom stereocenters. The Balaban J connectivity index is 2.91. The van der Waals surface area contributed by atoms with E-state index in [0.717, 1.165) is 6.42 Å². The highest BCUT2D eigenvalue weighted by Crippen LogP contribution is 2.08. The number of nitrogens with zero attached hydrogens (tertiary/aromatic N) is 1. The van der Waals surface area contributed by atoms with Gasteiger partial charge in [0, 0.05) is 18.3 Å². The standard InChI is InChI=1S/C17H29N5O4/c1-5-10(4)13(18)16(24)21-12(6-11-7-19-8-20-11)15(23)22-14(9(2)3)17(25)26/h7-10,12-14H,5-6,18H2,1-4H3,(H,19,20)(H,21,24)(H,22,23)(H,25,26). The molecule has 0 bridgehead atoms. The number of nitrogens with two attached hydrogens (primary N) is 1. The van der Waals surface area contributed by atoms with Crippen molar-refractivity contribution >= 4 is 17.8 Å². The van der Waals surface area contributed by atoms with E-state index in [0.29, 0.717) is 5.69 Å². The Morgan fingerprint density at radius 2 is 1.88 bits per heavy atom. The molecule has 9 heteroatoms. The smallest absolute Gasteiger partial charge is 0.326 e. The van der Waals surface area contributed by atoms with Crippen molar-refractivity contribution < 1.29 is 19.5 Å². The minimum Gasteiger partial charge on any atom is -0.480 e. The van der Waals surface area contributed by atoms with E-state index < -0.39 is 35.9 Å². The minimum absolute atomic E-state index is 0.0479. The zero-order valence-corrected chi connectivity index (χ0v) is 15.7. The molecule has 0 aromatic carbocycles. The van der Waals surface area contributed by atoms with Crippen LogP contribution in [0, 0.1) is 11.8 Å². The van der Waals surface area contributed by atoms with E-state index in [2.05, 4.69) is 20.6 Å². The van der Waals surface area contributed by atoms with Crippen molar-refractivity contribution in [3.05, 3.63) is 18.2 Å². The van der Waals surface area contributed by atoms with Crippen molar-refractivity contribution in [2.75, 3.05) is 0 Å². The lowest BCUT2D eigenvalue weighted by atomic mass is 9.98. The van der Waals surface area contributed by atoms with Crippen LogP contribution in [-0.2, 0) is 20.8 Å². The van der Waals surface area contributed by atoms with Gasteiger partial charge in [0.15, 0.2) is 0 Å². The van der Waals surface area contributed by atoms with Gasteiger partial charge in [0.1, 0.15) is 12.1 Å². The summed E-state index contributed by atoms with van der Waals surface area (Å²) in [7, 11) is 0. The van der Waals surface area contributed by atoms with Crippen molar-refractivity contribution in [1.82, 2.24) is 20.6 Å². The Kier molecular flexibility index (Phi) is 8.24. The summed E-state index contributed by atoms with van der Waals surface area (Å²) in [5.41, 5.74) is 6.57. The lowest BCUT2D eigenvalue weighted by Gasteiger charge is -2.25. The van der Waals surface area contributed by atoms with E-state index in [1.54, 1.807) is 13.8 Å². The number of carbonyl (C=O) groups excluding carboxylic acids is 2. The van der Waals surface area contributed by atoms with Gasteiger partial charge in [-0.25, -0.2) is 9.78 Å². The Bertz CT molecular complexity index is 602. The van der Waals surface area contributed by atoms with Gasteiger partial charge in [-0.15, -0.1) is 0 Å². The molecule has 0 spiro atoms. The Labute approximate surface area is 153 Å². The second-order valence-electron chi connectivity index (χ2n) is 6.82. The third-order valence-corrected chi connectivity index (χ3v) is 4.40. The van der Waals surface area contributed by atoms with Gasteiger partial charge in [-0.2, -0.15) is 0 Å². The van der Waals surface area contributed by atoms with Crippen LogP contribution >= 0.6 is 0 Å². The lowest BCUT2D eigenvalue weighted by Crippen LogP contribution is -2.57. The fourth-order valence-corrected chi connectivity index (χ4v) is 2.37. The number of carboxylic acid groups (broad SMARTS) is 1. The van der Waals surface area contributed by atoms with Crippen molar-refractivity contribution in [2.45, 2.75) is 58.7 Å². The fourth-order valence-electron chi connectivity index (χ4n) is 2.37. The highest BCUT2D eigenvalue weighted by atomic mass is 16.4. The maximum atomic E-state index is 12.6. The highest BCUT2D eigenvalue weighted by molar-refractivity contribution is 5.92. The molecule has 2 amide bonds. The van der Waals surface area contributed by atoms with Gasteiger partial charge < -0.3 is 26.5 Å². The molecule has 4 atom stereocenters. The molecule has 6 N–H and O–H groups in total. The third kappa shape index (κ3) is 6.14. The number of hydrogen-bond acceptors (Lipinski definition) is 5. The summed E-state index contributed by atoms with van der Waals surface area (Å²) in [6.45, 7) is 7.17. The third-order valence-electron chi connectivity index (χ3n) is 4.40. The fraction of sp³-hybridized carbons (Fsp3) is 0.647. The van der Waals surface area contributed by atoms with Crippen LogP contribution in [0.2, 0.25) is 0 Å². The first-order valence-corrected chi connectivity index (χ1v) is 8.73. The molecule has 0 aliphatic rings. The number of carboxylic acids is 1. The average molecular weight is 367 g/mol. The van der Waals surface area contributed by atoms with Gasteiger partial charge in [0.25, 0.3) is 0 Å². The maximum Gasteiger partial charge on any atom is 0.326 e. The van der Waals surface area contributed by atoms with Crippen molar-refractivity contribution in [3.8, 4) is 0 Å². The van der Waals surface area contributed by atoms with Gasteiger partial charge in [0.05, 0.1) is 12.4 Å². The molecule has 0 saturated carbocycles. The predicted molar refractivity (Wildman–Crippen MR) is 96.1 cm³/mol. The lowest BCUT2D eigenvalue weighted by molar-refractivity contribution is -0.143. The summed E-state index contributed by atoms with van der Waals surface area (Å²) in [6.07, 6.45) is 3.87. The van der Waals surface area contributed by atoms with Gasteiger partial charge >= 0.3 is 5.97 Å². The molecule has 0 fully saturated rings. The van der Waals surface area contributed by atoms with E-state index in [-0.39, 0.29) is 18.3 Å². The highest BCUT2D eigenvalue weighted by Gasteiger charge is 2.30. The zero-order chi connectivity index (χ0) is 19.9. The molecule has 1 rings (SSSR count). The molecule has 146 valence electrons. The van der Waals surface area contributed by atoms with Crippen molar-refractivity contribution in [1.29, 1.82) is 0 Å². The van der Waals surface area contributed by atoms with Crippen LogP contribution in [0.15, 0.2) is 12.5 Å². The minimum atomic E-state index is -1.13. The molecular weight excluding hydrogens is 338 g/mol.